The van der Waals surface area contributed by atoms with Gasteiger partial charge in [-0.1, -0.05) is 24.3 Å². The molecular weight excluding hydrogens is 519 g/mol. The van der Waals surface area contributed by atoms with Gasteiger partial charge in [0.25, 0.3) is 5.91 Å². The van der Waals surface area contributed by atoms with Crippen molar-refractivity contribution >= 4 is 17.3 Å². The number of piperazine rings is 1. The van der Waals surface area contributed by atoms with Crippen LogP contribution < -0.4 is 25.6 Å². The number of nitrogens with zero attached hydrogens (tertiary/aromatic N) is 3. The molecule has 1 fully saturated rings. The number of nitrogens with one attached hydrogen (secondary N) is 1. The quantitative estimate of drug-likeness (QED) is 0.362. The molecule has 0 spiro atoms. The second kappa shape index (κ2) is 12.7. The first kappa shape index (κ1) is 28.8. The molecular formula is C30H32F3N5O2. The fourth-order valence-corrected chi connectivity index (χ4v) is 4.81. The Labute approximate surface area is 231 Å². The van der Waals surface area contributed by atoms with Crippen molar-refractivity contribution < 1.29 is 22.7 Å². The summed E-state index contributed by atoms with van der Waals surface area (Å²) in [6.45, 7) is 5.33. The summed E-state index contributed by atoms with van der Waals surface area (Å²) in [5, 5.41) is 12.5. The van der Waals surface area contributed by atoms with E-state index >= 15 is 0 Å². The summed E-state index contributed by atoms with van der Waals surface area (Å²) in [4.78, 5) is 17.3. The Balaban J connectivity index is 1.60. The Hall–Kier alpha value is -4.23. The molecule has 0 aliphatic carbocycles. The lowest BCUT2D eigenvalue weighted by Crippen LogP contribution is -2.47. The average molecular weight is 552 g/mol. The van der Waals surface area contributed by atoms with Crippen molar-refractivity contribution in [2.45, 2.75) is 19.5 Å². The molecule has 3 N–H and O–H groups in total. The number of nitriles is 1. The molecule has 0 atom stereocenters. The molecule has 1 amide bonds. The van der Waals surface area contributed by atoms with Crippen LogP contribution in [0, 0.1) is 11.3 Å². The molecule has 1 saturated heterocycles. The summed E-state index contributed by atoms with van der Waals surface area (Å²) in [6.07, 6.45) is -3.86. The lowest BCUT2D eigenvalue weighted by Gasteiger charge is -2.38. The molecule has 3 aromatic carbocycles. The van der Waals surface area contributed by atoms with Crippen molar-refractivity contribution in [3.63, 3.8) is 0 Å². The highest BCUT2D eigenvalue weighted by atomic mass is 19.4. The van der Waals surface area contributed by atoms with Crippen LogP contribution >= 0.6 is 0 Å². The Morgan fingerprint density at radius 3 is 2.35 bits per heavy atom. The monoisotopic (exact) mass is 551 g/mol. The van der Waals surface area contributed by atoms with Crippen molar-refractivity contribution in [3.05, 3.63) is 77.4 Å². The predicted octanol–water partition coefficient (Wildman–Crippen LogP) is 5.05. The van der Waals surface area contributed by atoms with Gasteiger partial charge in [-0.2, -0.15) is 18.4 Å². The van der Waals surface area contributed by atoms with E-state index in [0.717, 1.165) is 34.7 Å². The number of anilines is 2. The molecule has 4 rings (SSSR count). The van der Waals surface area contributed by atoms with E-state index in [9.17, 15) is 23.2 Å². The molecule has 10 heteroatoms. The first-order valence-corrected chi connectivity index (χ1v) is 13.2. The number of hydrogen-bond acceptors (Lipinski definition) is 6. The molecule has 0 unspecified atom stereocenters. The smallest absolute Gasteiger partial charge is 0.416 e. The lowest BCUT2D eigenvalue weighted by molar-refractivity contribution is -0.137. The molecule has 0 bridgehead atoms. The molecule has 0 aromatic heterocycles. The molecule has 0 radical (unpaired) electrons. The van der Waals surface area contributed by atoms with Gasteiger partial charge in [0.05, 0.1) is 29.0 Å². The van der Waals surface area contributed by atoms with Crippen LogP contribution in [0.2, 0.25) is 0 Å². The number of halogens is 3. The first-order chi connectivity index (χ1) is 19.3. The molecule has 3 aromatic rings. The fraction of sp³-hybridized carbons (Fsp3) is 0.333. The summed E-state index contributed by atoms with van der Waals surface area (Å²) in [6, 6.07) is 18.6. The lowest BCUT2D eigenvalue weighted by atomic mass is 9.99. The zero-order valence-electron chi connectivity index (χ0n) is 22.3. The van der Waals surface area contributed by atoms with E-state index in [1.54, 1.807) is 0 Å². The van der Waals surface area contributed by atoms with E-state index in [1.807, 2.05) is 60.4 Å². The average Bonchev–Trinajstić information content (AvgIpc) is 2.96. The molecule has 7 nitrogen and oxygen atoms in total. The molecule has 1 heterocycles. The van der Waals surface area contributed by atoms with Gasteiger partial charge in [-0.15, -0.1) is 0 Å². The van der Waals surface area contributed by atoms with Gasteiger partial charge in [0.2, 0.25) is 0 Å². The van der Waals surface area contributed by atoms with E-state index < -0.39 is 11.7 Å². The summed E-state index contributed by atoms with van der Waals surface area (Å²) in [7, 11) is 0. The van der Waals surface area contributed by atoms with Gasteiger partial charge in [0, 0.05) is 44.0 Å². The second-order valence-corrected chi connectivity index (χ2v) is 9.37. The van der Waals surface area contributed by atoms with E-state index in [2.05, 4.69) is 10.2 Å². The number of nitrogens with two attached hydrogens (primary N) is 1. The number of benzene rings is 3. The minimum Gasteiger partial charge on any atom is -0.493 e. The van der Waals surface area contributed by atoms with Gasteiger partial charge in [0.1, 0.15) is 11.8 Å². The molecule has 1 aliphatic heterocycles. The van der Waals surface area contributed by atoms with Crippen LogP contribution in [0.15, 0.2) is 60.7 Å². The van der Waals surface area contributed by atoms with Crippen LogP contribution in [0.4, 0.5) is 24.5 Å². The topological polar surface area (TPSA) is 94.6 Å². The Bertz CT molecular complexity index is 1380. The number of ether oxygens (including phenoxy) is 1. The minimum atomic E-state index is -4.51. The second-order valence-electron chi connectivity index (χ2n) is 9.37. The van der Waals surface area contributed by atoms with Gasteiger partial charge in [-0.25, -0.2) is 0 Å². The van der Waals surface area contributed by atoms with Crippen LogP contribution in [0.25, 0.3) is 11.1 Å². The third-order valence-electron chi connectivity index (χ3n) is 6.81. The highest BCUT2D eigenvalue weighted by molar-refractivity contribution is 6.01. The largest absolute Gasteiger partial charge is 0.493 e. The fourth-order valence-electron chi connectivity index (χ4n) is 4.81. The van der Waals surface area contributed by atoms with Gasteiger partial charge >= 0.3 is 6.18 Å². The third-order valence-corrected chi connectivity index (χ3v) is 6.81. The molecule has 40 heavy (non-hydrogen) atoms. The normalized spacial score (nSPS) is 13.6. The maximum atomic E-state index is 13.3. The zero-order chi connectivity index (χ0) is 28.7. The number of amides is 1. The SMILES string of the molecule is CCOc1ccccc1-c1ccc(N2CCN(c3ccc(C(F)(F)F)cc3C#N)CC2)c(C(=O)NCCCN)c1. The predicted molar refractivity (Wildman–Crippen MR) is 150 cm³/mol. The van der Waals surface area contributed by atoms with Crippen LogP contribution in [0.3, 0.4) is 0 Å². The van der Waals surface area contributed by atoms with E-state index in [4.69, 9.17) is 10.5 Å². The van der Waals surface area contributed by atoms with Crippen molar-refractivity contribution in [1.82, 2.24) is 5.32 Å². The van der Waals surface area contributed by atoms with E-state index in [1.165, 1.54) is 6.07 Å². The Morgan fingerprint density at radius 2 is 1.70 bits per heavy atom. The number of hydrogen-bond donors (Lipinski definition) is 2. The Morgan fingerprint density at radius 1 is 1.02 bits per heavy atom. The van der Waals surface area contributed by atoms with Crippen molar-refractivity contribution in [2.24, 2.45) is 5.73 Å². The van der Waals surface area contributed by atoms with Gasteiger partial charge < -0.3 is 25.6 Å². The third kappa shape index (κ3) is 6.49. The summed E-state index contributed by atoms with van der Waals surface area (Å²) >= 11 is 0. The maximum absolute atomic E-state index is 13.3. The standard InChI is InChI=1S/C30H32F3N5O2/c1-2-40-28-7-4-3-6-24(28)21-8-10-27(25(19-21)29(39)36-13-5-12-34)38-16-14-37(15-17-38)26-11-9-23(30(31,32)33)18-22(26)20-35/h3-4,6-11,18-19H,2,5,12-17,34H2,1H3,(H,36,39). The summed E-state index contributed by atoms with van der Waals surface area (Å²) < 4.78 is 45.2. The number of rotatable bonds is 9. The maximum Gasteiger partial charge on any atom is 0.416 e. The van der Waals surface area contributed by atoms with E-state index in [0.29, 0.717) is 63.5 Å². The minimum absolute atomic E-state index is 0.0134. The van der Waals surface area contributed by atoms with Crippen LogP contribution in [0.1, 0.15) is 34.8 Å². The highest BCUT2D eigenvalue weighted by Crippen LogP contribution is 2.35. The van der Waals surface area contributed by atoms with Crippen molar-refractivity contribution in [1.29, 1.82) is 5.26 Å². The number of carbonyl (C=O) groups excluding carboxylic acids is 1. The first-order valence-electron chi connectivity index (χ1n) is 13.2. The summed E-state index contributed by atoms with van der Waals surface area (Å²) in [5.74, 6) is 0.516. The van der Waals surface area contributed by atoms with Crippen LogP contribution in [-0.2, 0) is 6.18 Å². The number of carbonyl (C=O) groups is 1. The van der Waals surface area contributed by atoms with Gasteiger partial charge in [-0.3, -0.25) is 4.79 Å². The van der Waals surface area contributed by atoms with Crippen molar-refractivity contribution in [2.75, 3.05) is 55.7 Å². The highest BCUT2D eigenvalue weighted by Gasteiger charge is 2.32. The van der Waals surface area contributed by atoms with Crippen LogP contribution in [-0.4, -0.2) is 51.8 Å². The summed E-state index contributed by atoms with van der Waals surface area (Å²) in [5.41, 5.74) is 8.21. The number of para-hydroxylation sites is 1. The van der Waals surface area contributed by atoms with Crippen molar-refractivity contribution in [3.8, 4) is 22.9 Å². The molecule has 1 aliphatic rings. The Kier molecular flexibility index (Phi) is 9.17. The van der Waals surface area contributed by atoms with E-state index in [-0.39, 0.29) is 11.5 Å². The zero-order valence-corrected chi connectivity index (χ0v) is 22.3. The molecule has 0 saturated carbocycles. The number of alkyl halides is 3. The van der Waals surface area contributed by atoms with Crippen LogP contribution in [0.5, 0.6) is 5.75 Å². The van der Waals surface area contributed by atoms with Gasteiger partial charge in [-0.05, 0) is 61.9 Å². The molecule has 210 valence electrons. The van der Waals surface area contributed by atoms with Gasteiger partial charge in [0.15, 0.2) is 0 Å².